The SMILES string of the molecule is COc1cc(Cl)ccc1C(=O)Nc1cn(C)nc1C. The minimum absolute atomic E-state index is 0.260. The molecule has 100 valence electrons. The van der Waals surface area contributed by atoms with Gasteiger partial charge in [-0.05, 0) is 25.1 Å². The van der Waals surface area contributed by atoms with Crippen LogP contribution in [0.1, 0.15) is 16.1 Å². The molecule has 6 heteroatoms. The first-order chi connectivity index (χ1) is 9.01. The predicted octanol–water partition coefficient (Wildman–Crippen LogP) is 2.64. The molecule has 0 aliphatic carbocycles. The number of hydrogen-bond donors (Lipinski definition) is 1. The molecule has 19 heavy (non-hydrogen) atoms. The molecule has 0 unspecified atom stereocenters. The topological polar surface area (TPSA) is 56.1 Å². The van der Waals surface area contributed by atoms with E-state index in [-0.39, 0.29) is 5.91 Å². The summed E-state index contributed by atoms with van der Waals surface area (Å²) in [4.78, 5) is 12.2. The number of methoxy groups -OCH3 is 1. The van der Waals surface area contributed by atoms with Gasteiger partial charge in [-0.15, -0.1) is 0 Å². The van der Waals surface area contributed by atoms with Gasteiger partial charge >= 0.3 is 0 Å². The maximum atomic E-state index is 12.2. The van der Waals surface area contributed by atoms with Crippen molar-refractivity contribution in [1.82, 2.24) is 9.78 Å². The van der Waals surface area contributed by atoms with Crippen LogP contribution in [0.5, 0.6) is 5.75 Å². The number of carbonyl (C=O) groups is 1. The first-order valence-corrected chi connectivity index (χ1v) is 6.04. The fourth-order valence-corrected chi connectivity index (χ4v) is 1.93. The zero-order valence-corrected chi connectivity index (χ0v) is 11.7. The van der Waals surface area contributed by atoms with Gasteiger partial charge in [-0.3, -0.25) is 9.48 Å². The van der Waals surface area contributed by atoms with E-state index in [1.54, 1.807) is 36.1 Å². The number of aryl methyl sites for hydroxylation is 2. The third-order valence-corrected chi connectivity index (χ3v) is 2.90. The molecule has 1 amide bonds. The number of nitrogens with one attached hydrogen (secondary N) is 1. The summed E-state index contributed by atoms with van der Waals surface area (Å²) in [7, 11) is 3.29. The quantitative estimate of drug-likeness (QED) is 0.940. The zero-order chi connectivity index (χ0) is 14.0. The van der Waals surface area contributed by atoms with Crippen LogP contribution in [0.4, 0.5) is 5.69 Å². The van der Waals surface area contributed by atoms with Crippen molar-refractivity contribution in [2.75, 3.05) is 12.4 Å². The van der Waals surface area contributed by atoms with Crippen LogP contribution in [-0.4, -0.2) is 22.8 Å². The van der Waals surface area contributed by atoms with E-state index in [1.807, 2.05) is 6.92 Å². The second kappa shape index (κ2) is 5.32. The van der Waals surface area contributed by atoms with Gasteiger partial charge in [0, 0.05) is 18.3 Å². The van der Waals surface area contributed by atoms with E-state index in [1.165, 1.54) is 7.11 Å². The number of ether oxygens (including phenoxy) is 1. The Hall–Kier alpha value is -2.01. The summed E-state index contributed by atoms with van der Waals surface area (Å²) in [6.45, 7) is 1.83. The highest BCUT2D eigenvalue weighted by Gasteiger charge is 2.14. The number of nitrogens with zero attached hydrogens (tertiary/aromatic N) is 2. The van der Waals surface area contributed by atoms with E-state index >= 15 is 0 Å². The first kappa shape index (κ1) is 13.4. The largest absolute Gasteiger partial charge is 0.496 e. The van der Waals surface area contributed by atoms with Crippen molar-refractivity contribution in [3.63, 3.8) is 0 Å². The van der Waals surface area contributed by atoms with Crippen LogP contribution >= 0.6 is 11.6 Å². The van der Waals surface area contributed by atoms with E-state index in [9.17, 15) is 4.79 Å². The highest BCUT2D eigenvalue weighted by atomic mass is 35.5. The molecular weight excluding hydrogens is 266 g/mol. The Balaban J connectivity index is 2.27. The fraction of sp³-hybridized carbons (Fsp3) is 0.231. The Morgan fingerprint density at radius 3 is 2.79 bits per heavy atom. The lowest BCUT2D eigenvalue weighted by Crippen LogP contribution is -2.13. The third-order valence-electron chi connectivity index (χ3n) is 2.67. The molecule has 1 aromatic carbocycles. The molecule has 0 spiro atoms. The number of benzene rings is 1. The number of carbonyl (C=O) groups excluding carboxylic acids is 1. The number of halogens is 1. The molecule has 2 aromatic rings. The lowest BCUT2D eigenvalue weighted by atomic mass is 10.2. The summed E-state index contributed by atoms with van der Waals surface area (Å²) < 4.78 is 6.80. The maximum absolute atomic E-state index is 12.2. The van der Waals surface area contributed by atoms with Gasteiger partial charge in [0.05, 0.1) is 24.1 Å². The monoisotopic (exact) mass is 279 g/mol. The van der Waals surface area contributed by atoms with Gasteiger partial charge in [-0.2, -0.15) is 5.10 Å². The minimum atomic E-state index is -0.260. The lowest BCUT2D eigenvalue weighted by Gasteiger charge is -2.09. The van der Waals surface area contributed by atoms with Gasteiger partial charge < -0.3 is 10.1 Å². The molecular formula is C13H14ClN3O2. The minimum Gasteiger partial charge on any atom is -0.496 e. The zero-order valence-electron chi connectivity index (χ0n) is 10.9. The van der Waals surface area contributed by atoms with Gasteiger partial charge in [-0.1, -0.05) is 11.6 Å². The summed E-state index contributed by atoms with van der Waals surface area (Å²) in [6.07, 6.45) is 1.75. The number of aromatic nitrogens is 2. The molecule has 0 radical (unpaired) electrons. The van der Waals surface area contributed by atoms with Gasteiger partial charge in [0.15, 0.2) is 0 Å². The highest BCUT2D eigenvalue weighted by molar-refractivity contribution is 6.31. The molecule has 0 fully saturated rings. The van der Waals surface area contributed by atoms with Crippen LogP contribution in [0.15, 0.2) is 24.4 Å². The predicted molar refractivity (Wildman–Crippen MR) is 73.9 cm³/mol. The number of rotatable bonds is 3. The van der Waals surface area contributed by atoms with E-state index in [2.05, 4.69) is 10.4 Å². The summed E-state index contributed by atoms with van der Waals surface area (Å²) in [5.41, 5.74) is 1.85. The second-order valence-electron chi connectivity index (χ2n) is 4.10. The molecule has 1 heterocycles. The first-order valence-electron chi connectivity index (χ1n) is 5.66. The van der Waals surface area contributed by atoms with Crippen LogP contribution in [0.25, 0.3) is 0 Å². The number of amides is 1. The van der Waals surface area contributed by atoms with Crippen molar-refractivity contribution >= 4 is 23.2 Å². The number of anilines is 1. The van der Waals surface area contributed by atoms with Crippen molar-refractivity contribution in [2.45, 2.75) is 6.92 Å². The van der Waals surface area contributed by atoms with Crippen molar-refractivity contribution < 1.29 is 9.53 Å². The Labute approximate surface area is 116 Å². The fourth-order valence-electron chi connectivity index (χ4n) is 1.76. The summed E-state index contributed by atoms with van der Waals surface area (Å²) in [6, 6.07) is 4.88. The molecule has 0 saturated heterocycles. The van der Waals surface area contributed by atoms with E-state index in [4.69, 9.17) is 16.3 Å². The van der Waals surface area contributed by atoms with Gasteiger partial charge in [0.25, 0.3) is 5.91 Å². The maximum Gasteiger partial charge on any atom is 0.259 e. The lowest BCUT2D eigenvalue weighted by molar-refractivity contribution is 0.102. The molecule has 0 aliphatic heterocycles. The highest BCUT2D eigenvalue weighted by Crippen LogP contribution is 2.24. The van der Waals surface area contributed by atoms with Gasteiger partial charge in [0.1, 0.15) is 5.75 Å². The molecule has 0 atom stereocenters. The third kappa shape index (κ3) is 2.88. The van der Waals surface area contributed by atoms with Crippen molar-refractivity contribution in [1.29, 1.82) is 0 Å². The average molecular weight is 280 g/mol. The van der Waals surface area contributed by atoms with Gasteiger partial charge in [0.2, 0.25) is 0 Å². The van der Waals surface area contributed by atoms with Crippen LogP contribution in [-0.2, 0) is 7.05 Å². The van der Waals surface area contributed by atoms with Crippen LogP contribution in [0, 0.1) is 6.92 Å². The molecule has 0 saturated carbocycles. The Bertz CT molecular complexity index is 622. The molecule has 1 aromatic heterocycles. The second-order valence-corrected chi connectivity index (χ2v) is 4.54. The Kier molecular flexibility index (Phi) is 3.76. The summed E-state index contributed by atoms with van der Waals surface area (Å²) in [5, 5.41) is 7.48. The Morgan fingerprint density at radius 2 is 2.21 bits per heavy atom. The number of hydrogen-bond acceptors (Lipinski definition) is 3. The molecule has 0 aliphatic rings. The van der Waals surface area contributed by atoms with E-state index < -0.39 is 0 Å². The van der Waals surface area contributed by atoms with Crippen molar-refractivity contribution in [2.24, 2.45) is 7.05 Å². The average Bonchev–Trinajstić information content (AvgIpc) is 2.67. The summed E-state index contributed by atoms with van der Waals surface area (Å²) >= 11 is 5.86. The normalized spacial score (nSPS) is 10.3. The molecule has 2 rings (SSSR count). The van der Waals surface area contributed by atoms with Crippen LogP contribution in [0.3, 0.4) is 0 Å². The van der Waals surface area contributed by atoms with E-state index in [0.717, 1.165) is 5.69 Å². The molecule has 5 nitrogen and oxygen atoms in total. The van der Waals surface area contributed by atoms with Crippen LogP contribution in [0.2, 0.25) is 5.02 Å². The molecule has 0 bridgehead atoms. The van der Waals surface area contributed by atoms with Crippen LogP contribution < -0.4 is 10.1 Å². The Morgan fingerprint density at radius 1 is 1.47 bits per heavy atom. The summed E-state index contributed by atoms with van der Waals surface area (Å²) in [5.74, 6) is 0.177. The van der Waals surface area contributed by atoms with Crippen molar-refractivity contribution in [3.05, 3.63) is 40.7 Å². The van der Waals surface area contributed by atoms with Gasteiger partial charge in [-0.25, -0.2) is 0 Å². The van der Waals surface area contributed by atoms with E-state index in [0.29, 0.717) is 22.0 Å². The molecule has 1 N–H and O–H groups in total. The smallest absolute Gasteiger partial charge is 0.259 e. The standard InChI is InChI=1S/C13H14ClN3O2/c1-8-11(7-17(2)16-8)15-13(18)10-5-4-9(14)6-12(10)19-3/h4-7H,1-3H3,(H,15,18). The van der Waals surface area contributed by atoms with Crippen molar-refractivity contribution in [3.8, 4) is 5.75 Å².